The number of methoxy groups -OCH3 is 2. The third-order valence-corrected chi connectivity index (χ3v) is 9.53. The maximum Gasteiger partial charge on any atom is 0.335 e. The summed E-state index contributed by atoms with van der Waals surface area (Å²) in [5.74, 6) is -1.81. The lowest BCUT2D eigenvalue weighted by Crippen LogP contribution is -2.14. The monoisotopic (exact) mass is 768 g/mol. The van der Waals surface area contributed by atoms with E-state index in [1.54, 1.807) is 0 Å². The minimum atomic E-state index is -1.14. The van der Waals surface area contributed by atoms with Gasteiger partial charge in [-0.3, -0.25) is 9.98 Å². The lowest BCUT2D eigenvalue weighted by atomic mass is 9.84. The van der Waals surface area contributed by atoms with Crippen LogP contribution in [-0.4, -0.2) is 72.6 Å². The number of phenols is 2. The molecule has 0 saturated heterocycles. The number of ether oxygens (including phenoxy) is 4. The fourth-order valence-electron chi connectivity index (χ4n) is 6.25. The van der Waals surface area contributed by atoms with Gasteiger partial charge >= 0.3 is 11.9 Å². The van der Waals surface area contributed by atoms with Crippen molar-refractivity contribution in [2.45, 2.75) is 80.1 Å². The van der Waals surface area contributed by atoms with Gasteiger partial charge in [0.1, 0.15) is 22.9 Å². The molecule has 0 aliphatic heterocycles. The van der Waals surface area contributed by atoms with Crippen LogP contribution in [0.2, 0.25) is 0 Å². The zero-order valence-corrected chi connectivity index (χ0v) is 34.2. The van der Waals surface area contributed by atoms with E-state index < -0.39 is 22.8 Å². The highest BCUT2D eigenvalue weighted by Crippen LogP contribution is 2.51. The molecule has 4 aromatic rings. The molecular formula is C44H52N2O10. The van der Waals surface area contributed by atoms with Crippen molar-refractivity contribution < 1.29 is 49.0 Å². The second-order valence-electron chi connectivity index (χ2n) is 15.7. The highest BCUT2D eigenvalue weighted by molar-refractivity contribution is 5.97. The first-order chi connectivity index (χ1) is 26.1. The largest absolute Gasteiger partial charge is 0.507 e. The van der Waals surface area contributed by atoms with Gasteiger partial charge in [-0.05, 0) is 97.2 Å². The average molecular weight is 769 g/mol. The number of aromatic hydroxyl groups is 2. The van der Waals surface area contributed by atoms with Gasteiger partial charge in [-0.25, -0.2) is 9.59 Å². The number of phenolic OH excluding ortho intramolecular Hbond substituents is 2. The maximum atomic E-state index is 12.1. The highest BCUT2D eigenvalue weighted by atomic mass is 16.7. The summed E-state index contributed by atoms with van der Waals surface area (Å²) in [6.45, 7) is 18.7. The number of hydrogen-bond donors (Lipinski definition) is 4. The summed E-state index contributed by atoms with van der Waals surface area (Å²) in [4.78, 5) is 33.7. The van der Waals surface area contributed by atoms with Gasteiger partial charge in [0.05, 0.1) is 11.1 Å². The Morgan fingerprint density at radius 2 is 0.946 bits per heavy atom. The molecular weight excluding hydrogens is 716 g/mol. The second kappa shape index (κ2) is 17.0. The molecule has 298 valence electrons. The van der Waals surface area contributed by atoms with Crippen molar-refractivity contribution in [2.24, 2.45) is 9.98 Å². The molecule has 4 aromatic carbocycles. The zero-order valence-electron chi connectivity index (χ0n) is 34.2. The molecule has 0 aliphatic rings. The number of rotatable bonds is 13. The van der Waals surface area contributed by atoms with Gasteiger partial charge in [0.25, 0.3) is 0 Å². The quantitative estimate of drug-likeness (QED) is 0.0757. The third-order valence-electron chi connectivity index (χ3n) is 9.53. The van der Waals surface area contributed by atoms with Crippen LogP contribution in [0.4, 0.5) is 11.4 Å². The molecule has 0 unspecified atom stereocenters. The van der Waals surface area contributed by atoms with Gasteiger partial charge in [-0.1, -0.05) is 41.5 Å². The van der Waals surface area contributed by atoms with Crippen LogP contribution in [-0.2, 0) is 20.3 Å². The Kier molecular flexibility index (Phi) is 13.0. The number of carboxylic acids is 2. The predicted octanol–water partition coefficient (Wildman–Crippen LogP) is 9.46. The smallest absolute Gasteiger partial charge is 0.335 e. The first-order valence-electron chi connectivity index (χ1n) is 17.9. The molecule has 0 aromatic heterocycles. The fourth-order valence-corrected chi connectivity index (χ4v) is 6.25. The molecule has 0 amide bonds. The number of benzene rings is 4. The molecule has 0 aliphatic carbocycles. The molecule has 12 heteroatoms. The lowest BCUT2D eigenvalue weighted by Gasteiger charge is -2.24. The third kappa shape index (κ3) is 9.21. The Morgan fingerprint density at radius 1 is 0.607 bits per heavy atom. The van der Waals surface area contributed by atoms with Crippen molar-refractivity contribution in [3.8, 4) is 34.1 Å². The van der Waals surface area contributed by atoms with E-state index in [0.717, 1.165) is 22.3 Å². The minimum absolute atomic E-state index is 0.00634. The van der Waals surface area contributed by atoms with Gasteiger partial charge in [0, 0.05) is 60.0 Å². The summed E-state index contributed by atoms with van der Waals surface area (Å²) < 4.78 is 23.3. The average Bonchev–Trinajstić information content (AvgIpc) is 3.11. The topological polar surface area (TPSA) is 177 Å². The Hall–Kier alpha value is -5.72. The van der Waals surface area contributed by atoms with Crippen LogP contribution in [0, 0.1) is 27.7 Å². The molecule has 0 spiro atoms. The fraction of sp³-hybridized carbons (Fsp3) is 0.364. The summed E-state index contributed by atoms with van der Waals surface area (Å²) in [6.07, 6.45) is 2.82. The Balaban J connectivity index is 2.06. The molecule has 0 radical (unpaired) electrons. The summed E-state index contributed by atoms with van der Waals surface area (Å²) in [5, 5.41) is 42.3. The summed E-state index contributed by atoms with van der Waals surface area (Å²) >= 11 is 0. The van der Waals surface area contributed by atoms with Crippen LogP contribution < -0.4 is 9.47 Å². The molecule has 12 nitrogen and oxygen atoms in total. The SMILES string of the molecule is COCOc1c(N=Cc2cc(C(=O)O)cc(C(C)(C)C)c2O)cc(C)c(C)c1-c1c(C)c(C)cc(N=Cc2cc(C(=O)O)cc(C(C)(C)C)c2O)c1OCOC. The lowest BCUT2D eigenvalue weighted by molar-refractivity contribution is 0.0504. The van der Waals surface area contributed by atoms with E-state index in [4.69, 9.17) is 28.9 Å². The number of aromatic carboxylic acids is 2. The van der Waals surface area contributed by atoms with Crippen molar-refractivity contribution in [3.05, 3.63) is 92.0 Å². The van der Waals surface area contributed by atoms with Crippen LogP contribution in [0.3, 0.4) is 0 Å². The van der Waals surface area contributed by atoms with Crippen LogP contribution in [0.25, 0.3) is 11.1 Å². The number of hydrogen-bond acceptors (Lipinski definition) is 10. The van der Waals surface area contributed by atoms with Gasteiger partial charge < -0.3 is 39.4 Å². The molecule has 56 heavy (non-hydrogen) atoms. The summed E-state index contributed by atoms with van der Waals surface area (Å²) in [6, 6.07) is 9.32. The predicted molar refractivity (Wildman–Crippen MR) is 218 cm³/mol. The Bertz CT molecular complexity index is 2070. The number of carboxylic acid groups (broad SMARTS) is 2. The first kappa shape index (κ1) is 43.0. The summed E-state index contributed by atoms with van der Waals surface area (Å²) in [7, 11) is 2.98. The zero-order chi connectivity index (χ0) is 41.9. The van der Waals surface area contributed by atoms with Gasteiger partial charge in [0.2, 0.25) is 0 Å². The van der Waals surface area contributed by atoms with Crippen molar-refractivity contribution in [1.29, 1.82) is 0 Å². The van der Waals surface area contributed by atoms with E-state index in [-0.39, 0.29) is 47.3 Å². The van der Waals surface area contributed by atoms with Crippen molar-refractivity contribution >= 4 is 35.7 Å². The molecule has 4 N–H and O–H groups in total. The standard InChI is InChI=1S/C44H52N2O10/c1-23-13-33(45-19-29-15-27(41(49)50)17-31(37(29)47)43(5,6)7)39(55-21-53-11)35(25(23)3)36-26(4)24(2)14-34(40(36)56-22-54-12)46-20-30-16-28(42(51)52)18-32(38(30)48)44(8,9)10/h13-20,47-48H,21-22H2,1-12H3,(H,49,50)(H,51,52). The van der Waals surface area contributed by atoms with E-state index in [0.29, 0.717) is 45.1 Å². The maximum absolute atomic E-state index is 12.1. The second-order valence-corrected chi connectivity index (χ2v) is 15.7. The minimum Gasteiger partial charge on any atom is -0.507 e. The van der Waals surface area contributed by atoms with Gasteiger partial charge in [0.15, 0.2) is 25.1 Å². The van der Waals surface area contributed by atoms with Crippen LogP contribution in [0.15, 0.2) is 46.4 Å². The van der Waals surface area contributed by atoms with Gasteiger partial charge in [-0.15, -0.1) is 0 Å². The van der Waals surface area contributed by atoms with Crippen LogP contribution in [0.5, 0.6) is 23.0 Å². The van der Waals surface area contributed by atoms with Crippen molar-refractivity contribution in [1.82, 2.24) is 0 Å². The van der Waals surface area contributed by atoms with Crippen molar-refractivity contribution in [3.63, 3.8) is 0 Å². The molecule has 0 fully saturated rings. The number of nitrogens with zero attached hydrogens (tertiary/aromatic N) is 2. The van der Waals surface area contributed by atoms with Crippen molar-refractivity contribution in [2.75, 3.05) is 27.8 Å². The van der Waals surface area contributed by atoms with E-state index in [2.05, 4.69) is 0 Å². The molecule has 0 bridgehead atoms. The van der Waals surface area contributed by atoms with Gasteiger partial charge in [-0.2, -0.15) is 0 Å². The summed E-state index contributed by atoms with van der Waals surface area (Å²) in [5.41, 5.74) is 5.51. The van der Waals surface area contributed by atoms with Crippen LogP contribution in [0.1, 0.15) is 107 Å². The Labute approximate surface area is 328 Å². The molecule has 0 heterocycles. The number of aliphatic imine (C=N–C) groups is 2. The van der Waals surface area contributed by atoms with E-state index in [1.165, 1.54) is 50.9 Å². The number of carbonyl (C=O) groups is 2. The van der Waals surface area contributed by atoms with Crippen LogP contribution >= 0.6 is 0 Å². The highest BCUT2D eigenvalue weighted by Gasteiger charge is 2.27. The van der Waals surface area contributed by atoms with E-state index in [9.17, 15) is 30.0 Å². The van der Waals surface area contributed by atoms with E-state index >= 15 is 0 Å². The molecule has 4 rings (SSSR count). The molecule has 0 saturated carbocycles. The normalized spacial score (nSPS) is 12.1. The number of aryl methyl sites for hydroxylation is 2. The Morgan fingerprint density at radius 3 is 1.23 bits per heavy atom. The first-order valence-corrected chi connectivity index (χ1v) is 17.9. The van der Waals surface area contributed by atoms with E-state index in [1.807, 2.05) is 81.4 Å². The molecule has 0 atom stereocenters.